The summed E-state index contributed by atoms with van der Waals surface area (Å²) in [5, 5.41) is 13.8. The molecule has 0 unspecified atom stereocenters. The summed E-state index contributed by atoms with van der Waals surface area (Å²) in [6, 6.07) is 5.34. The highest BCUT2D eigenvalue weighted by Gasteiger charge is 2.05. The van der Waals surface area contributed by atoms with E-state index in [1.54, 1.807) is 6.07 Å². The summed E-state index contributed by atoms with van der Waals surface area (Å²) in [5.41, 5.74) is 5.30. The number of ether oxygens (including phenoxy) is 1. The number of anilines is 1. The minimum Gasteiger partial charge on any atom is -0.478 e. The summed E-state index contributed by atoms with van der Waals surface area (Å²) in [5.74, 6) is -1.66. The number of amides is 3. The first-order valence-electron chi connectivity index (χ1n) is 5.73. The first-order valence-corrected chi connectivity index (χ1v) is 5.73. The number of aromatic carboxylic acids is 1. The molecule has 108 valence electrons. The zero-order valence-electron chi connectivity index (χ0n) is 10.6. The number of primary amides is 1. The van der Waals surface area contributed by atoms with Crippen LogP contribution in [0, 0.1) is 0 Å². The van der Waals surface area contributed by atoms with Crippen LogP contribution in [0.4, 0.5) is 10.5 Å². The Morgan fingerprint density at radius 1 is 1.30 bits per heavy atom. The molecule has 0 saturated carbocycles. The lowest BCUT2D eigenvalue weighted by atomic mass is 10.2. The maximum Gasteiger partial charge on any atom is 0.335 e. The third kappa shape index (κ3) is 5.83. The maximum absolute atomic E-state index is 11.5. The van der Waals surface area contributed by atoms with E-state index in [9.17, 15) is 14.4 Å². The normalized spacial score (nSPS) is 9.80. The average Bonchev–Trinajstić information content (AvgIpc) is 2.38. The van der Waals surface area contributed by atoms with Crippen LogP contribution in [-0.4, -0.2) is 42.8 Å². The number of rotatable bonds is 7. The van der Waals surface area contributed by atoms with Crippen LogP contribution in [0.3, 0.4) is 0 Å². The third-order valence-corrected chi connectivity index (χ3v) is 2.14. The minimum absolute atomic E-state index is 0.0765. The van der Waals surface area contributed by atoms with Gasteiger partial charge in [-0.05, 0) is 18.2 Å². The highest BCUT2D eigenvalue weighted by atomic mass is 16.5. The third-order valence-electron chi connectivity index (χ3n) is 2.14. The molecule has 0 heterocycles. The second-order valence-electron chi connectivity index (χ2n) is 3.79. The molecule has 1 aromatic carbocycles. The van der Waals surface area contributed by atoms with Gasteiger partial charge in [0.25, 0.3) is 0 Å². The van der Waals surface area contributed by atoms with Gasteiger partial charge in [-0.3, -0.25) is 4.79 Å². The standard InChI is InChI=1S/C12H15N3O5/c13-10(16)7-20-5-4-14-12(19)15-9-3-1-2-8(6-9)11(17)18/h1-3,6H,4-5,7H2,(H2,13,16)(H,17,18)(H2,14,15,19). The van der Waals surface area contributed by atoms with Gasteiger partial charge in [0.1, 0.15) is 6.61 Å². The molecule has 0 saturated heterocycles. The van der Waals surface area contributed by atoms with E-state index in [1.807, 2.05) is 0 Å². The molecular formula is C12H15N3O5. The molecule has 0 aliphatic carbocycles. The number of benzene rings is 1. The monoisotopic (exact) mass is 281 g/mol. The smallest absolute Gasteiger partial charge is 0.335 e. The van der Waals surface area contributed by atoms with Gasteiger partial charge in [0.15, 0.2) is 0 Å². The van der Waals surface area contributed by atoms with Crippen LogP contribution in [0.15, 0.2) is 24.3 Å². The predicted octanol–water partition coefficient (Wildman–Crippen LogP) is 0.00820. The molecule has 0 bridgehead atoms. The van der Waals surface area contributed by atoms with E-state index >= 15 is 0 Å². The molecule has 0 radical (unpaired) electrons. The van der Waals surface area contributed by atoms with E-state index < -0.39 is 17.9 Å². The molecule has 8 heteroatoms. The highest BCUT2D eigenvalue weighted by Crippen LogP contribution is 2.10. The molecule has 8 nitrogen and oxygen atoms in total. The second-order valence-corrected chi connectivity index (χ2v) is 3.79. The Balaban J connectivity index is 2.33. The molecule has 1 aromatic rings. The maximum atomic E-state index is 11.5. The zero-order valence-corrected chi connectivity index (χ0v) is 10.6. The van der Waals surface area contributed by atoms with Crippen molar-refractivity contribution in [3.8, 4) is 0 Å². The molecule has 0 fully saturated rings. The van der Waals surface area contributed by atoms with Crippen molar-refractivity contribution >= 4 is 23.6 Å². The molecule has 0 spiro atoms. The Bertz CT molecular complexity index is 504. The number of urea groups is 1. The molecule has 0 aliphatic heterocycles. The summed E-state index contributed by atoms with van der Waals surface area (Å²) < 4.78 is 4.85. The van der Waals surface area contributed by atoms with Crippen molar-refractivity contribution in [3.05, 3.63) is 29.8 Å². The number of hydrogen-bond acceptors (Lipinski definition) is 4. The number of carbonyl (C=O) groups is 3. The van der Waals surface area contributed by atoms with Gasteiger partial charge in [0.2, 0.25) is 5.91 Å². The molecule has 0 aromatic heterocycles. The van der Waals surface area contributed by atoms with E-state index in [1.165, 1.54) is 18.2 Å². The van der Waals surface area contributed by atoms with Gasteiger partial charge in [-0.25, -0.2) is 9.59 Å². The number of carboxylic acid groups (broad SMARTS) is 1. The molecule has 0 atom stereocenters. The number of carboxylic acids is 1. The Kier molecular flexibility index (Phi) is 5.98. The van der Waals surface area contributed by atoms with E-state index in [2.05, 4.69) is 10.6 Å². The van der Waals surface area contributed by atoms with Crippen molar-refractivity contribution in [2.45, 2.75) is 0 Å². The lowest BCUT2D eigenvalue weighted by molar-refractivity contribution is -0.122. The van der Waals surface area contributed by atoms with Crippen LogP contribution in [0.5, 0.6) is 0 Å². The molecule has 5 N–H and O–H groups in total. The van der Waals surface area contributed by atoms with Crippen LogP contribution >= 0.6 is 0 Å². The van der Waals surface area contributed by atoms with Crippen molar-refractivity contribution in [1.29, 1.82) is 0 Å². The molecule has 1 rings (SSSR count). The van der Waals surface area contributed by atoms with Crippen LogP contribution < -0.4 is 16.4 Å². The Hall–Kier alpha value is -2.61. The lowest BCUT2D eigenvalue weighted by Crippen LogP contribution is -2.32. The van der Waals surface area contributed by atoms with Gasteiger partial charge in [-0.1, -0.05) is 6.07 Å². The van der Waals surface area contributed by atoms with Crippen molar-refractivity contribution in [1.82, 2.24) is 5.32 Å². The molecule has 20 heavy (non-hydrogen) atoms. The first kappa shape index (κ1) is 15.4. The van der Waals surface area contributed by atoms with Crippen LogP contribution in [0.2, 0.25) is 0 Å². The number of hydrogen-bond donors (Lipinski definition) is 4. The van der Waals surface area contributed by atoms with Gasteiger partial charge in [-0.15, -0.1) is 0 Å². The van der Waals surface area contributed by atoms with Crippen LogP contribution in [0.1, 0.15) is 10.4 Å². The van der Waals surface area contributed by atoms with E-state index in [-0.39, 0.29) is 25.3 Å². The van der Waals surface area contributed by atoms with E-state index in [4.69, 9.17) is 15.6 Å². The molecule has 3 amide bonds. The van der Waals surface area contributed by atoms with Crippen molar-refractivity contribution < 1.29 is 24.2 Å². The Morgan fingerprint density at radius 3 is 2.70 bits per heavy atom. The minimum atomic E-state index is -1.08. The van der Waals surface area contributed by atoms with Gasteiger partial charge in [-0.2, -0.15) is 0 Å². The van der Waals surface area contributed by atoms with Crippen molar-refractivity contribution in [2.24, 2.45) is 5.73 Å². The van der Waals surface area contributed by atoms with Gasteiger partial charge >= 0.3 is 12.0 Å². The summed E-state index contributed by atoms with van der Waals surface area (Å²) >= 11 is 0. The van der Waals surface area contributed by atoms with Crippen LogP contribution in [-0.2, 0) is 9.53 Å². The number of carbonyl (C=O) groups excluding carboxylic acids is 2. The molecular weight excluding hydrogens is 266 g/mol. The van der Waals surface area contributed by atoms with E-state index in [0.717, 1.165) is 0 Å². The Labute approximate surface area is 114 Å². The van der Waals surface area contributed by atoms with Crippen molar-refractivity contribution in [3.63, 3.8) is 0 Å². The molecule has 0 aliphatic rings. The number of nitrogens with one attached hydrogen (secondary N) is 2. The van der Waals surface area contributed by atoms with Crippen LogP contribution in [0.25, 0.3) is 0 Å². The SMILES string of the molecule is NC(=O)COCCNC(=O)Nc1cccc(C(=O)O)c1. The summed E-state index contributed by atoms with van der Waals surface area (Å²) in [7, 11) is 0. The second kappa shape index (κ2) is 7.74. The van der Waals surface area contributed by atoms with Gasteiger partial charge in [0.05, 0.1) is 12.2 Å². The summed E-state index contributed by atoms with van der Waals surface area (Å²) in [6.45, 7) is 0.132. The van der Waals surface area contributed by atoms with Gasteiger partial charge < -0.3 is 26.2 Å². The van der Waals surface area contributed by atoms with E-state index in [0.29, 0.717) is 5.69 Å². The predicted molar refractivity (Wildman–Crippen MR) is 70.4 cm³/mol. The quantitative estimate of drug-likeness (QED) is 0.523. The fraction of sp³-hybridized carbons (Fsp3) is 0.250. The average molecular weight is 281 g/mol. The highest BCUT2D eigenvalue weighted by molar-refractivity contribution is 5.93. The fourth-order valence-electron chi connectivity index (χ4n) is 1.31. The fourth-order valence-corrected chi connectivity index (χ4v) is 1.31. The topological polar surface area (TPSA) is 131 Å². The zero-order chi connectivity index (χ0) is 15.0. The Morgan fingerprint density at radius 2 is 2.05 bits per heavy atom. The van der Waals surface area contributed by atoms with Crippen molar-refractivity contribution in [2.75, 3.05) is 25.1 Å². The lowest BCUT2D eigenvalue weighted by Gasteiger charge is -2.08. The van der Waals surface area contributed by atoms with Gasteiger partial charge in [0, 0.05) is 12.2 Å². The summed E-state index contributed by atoms with van der Waals surface area (Å²) in [6.07, 6.45) is 0. The first-order chi connectivity index (χ1) is 9.49. The largest absolute Gasteiger partial charge is 0.478 e. The summed E-state index contributed by atoms with van der Waals surface area (Å²) in [4.78, 5) is 32.6. The number of nitrogens with two attached hydrogens (primary N) is 1.